The van der Waals surface area contributed by atoms with Crippen LogP contribution in [0, 0.1) is 0 Å². The molecule has 0 saturated carbocycles. The fourth-order valence-corrected chi connectivity index (χ4v) is 3.59. The second-order valence-corrected chi connectivity index (χ2v) is 7.46. The van der Waals surface area contributed by atoms with Crippen molar-refractivity contribution < 1.29 is 9.53 Å². The predicted octanol–water partition coefficient (Wildman–Crippen LogP) is 5.11. The summed E-state index contributed by atoms with van der Waals surface area (Å²) in [6.07, 6.45) is 1.16. The van der Waals surface area contributed by atoms with E-state index < -0.39 is 6.10 Å². The van der Waals surface area contributed by atoms with Gasteiger partial charge in [0.2, 0.25) is 0 Å². The maximum atomic E-state index is 12.3. The molecule has 0 radical (unpaired) electrons. The third kappa shape index (κ3) is 6.58. The van der Waals surface area contributed by atoms with E-state index in [9.17, 15) is 4.79 Å². The molecule has 1 amide bonds. The summed E-state index contributed by atoms with van der Waals surface area (Å²) >= 11 is 7.89. The van der Waals surface area contributed by atoms with Crippen LogP contribution in [-0.4, -0.2) is 24.3 Å². The lowest BCUT2D eigenvalue weighted by Crippen LogP contribution is -2.39. The van der Waals surface area contributed by atoms with Gasteiger partial charge in [0.25, 0.3) is 5.91 Å². The molecule has 5 heteroatoms. The van der Waals surface area contributed by atoms with Crippen LogP contribution in [0.1, 0.15) is 31.4 Å². The Labute approximate surface area is 165 Å². The zero-order valence-corrected chi connectivity index (χ0v) is 16.9. The number of hydrogen-bond acceptors (Lipinski definition) is 3. The largest absolute Gasteiger partial charge is 0.481 e. The highest BCUT2D eigenvalue weighted by molar-refractivity contribution is 7.98. The van der Waals surface area contributed by atoms with Gasteiger partial charge in [0.1, 0.15) is 5.75 Å². The maximum Gasteiger partial charge on any atom is 0.261 e. The minimum Gasteiger partial charge on any atom is -0.481 e. The Morgan fingerprint density at radius 2 is 1.88 bits per heavy atom. The predicted molar refractivity (Wildman–Crippen MR) is 111 cm³/mol. The average Bonchev–Trinajstić information content (AvgIpc) is 2.67. The Kier molecular flexibility index (Phi) is 8.86. The summed E-state index contributed by atoms with van der Waals surface area (Å²) in [5.74, 6) is 2.34. The molecule has 3 nitrogen and oxygen atoms in total. The minimum atomic E-state index is -0.462. The molecule has 0 fully saturated rings. The Morgan fingerprint density at radius 3 is 2.54 bits per heavy atom. The number of ether oxygens (including phenoxy) is 1. The van der Waals surface area contributed by atoms with Crippen molar-refractivity contribution in [3.8, 4) is 5.75 Å². The van der Waals surface area contributed by atoms with Gasteiger partial charge in [-0.1, -0.05) is 55.8 Å². The Morgan fingerprint density at radius 1 is 1.15 bits per heavy atom. The molecule has 0 aliphatic heterocycles. The smallest absolute Gasteiger partial charge is 0.261 e. The number of amides is 1. The molecular formula is C21H26ClNO2S. The molecule has 140 valence electrons. The molecule has 0 aliphatic carbocycles. The number of carbonyl (C=O) groups is 1. The van der Waals surface area contributed by atoms with Crippen LogP contribution >= 0.6 is 23.4 Å². The highest BCUT2D eigenvalue weighted by atomic mass is 35.5. The van der Waals surface area contributed by atoms with Gasteiger partial charge in [0, 0.05) is 23.1 Å². The van der Waals surface area contributed by atoms with E-state index in [0.29, 0.717) is 13.0 Å². The van der Waals surface area contributed by atoms with Crippen LogP contribution in [-0.2, 0) is 17.0 Å². The van der Waals surface area contributed by atoms with Crippen molar-refractivity contribution in [1.82, 2.24) is 5.32 Å². The topological polar surface area (TPSA) is 38.3 Å². The fourth-order valence-electron chi connectivity index (χ4n) is 2.45. The number of rotatable bonds is 10. The summed E-state index contributed by atoms with van der Waals surface area (Å²) in [7, 11) is 0. The SMILES string of the molecule is CCc1ccc(OC(CC)C(=O)NCCSCc2ccccc2Cl)cc1. The standard InChI is InChI=1S/C21H26ClNO2S/c1-3-16-9-11-18(12-10-16)25-20(4-2)21(24)23-13-14-26-15-17-7-5-6-8-19(17)22/h5-12,20H,3-4,13-15H2,1-2H3,(H,23,24). The van der Waals surface area contributed by atoms with Crippen LogP contribution in [0.4, 0.5) is 0 Å². The summed E-state index contributed by atoms with van der Waals surface area (Å²) in [5.41, 5.74) is 2.38. The molecule has 0 spiro atoms. The first-order valence-corrected chi connectivity index (χ1v) is 10.5. The van der Waals surface area contributed by atoms with Gasteiger partial charge in [-0.2, -0.15) is 11.8 Å². The average molecular weight is 392 g/mol. The Bertz CT molecular complexity index is 691. The van der Waals surface area contributed by atoms with Crippen molar-refractivity contribution in [3.05, 3.63) is 64.7 Å². The third-order valence-corrected chi connectivity index (χ3v) is 5.41. The van der Waals surface area contributed by atoms with Gasteiger partial charge in [-0.25, -0.2) is 0 Å². The van der Waals surface area contributed by atoms with Crippen molar-refractivity contribution in [1.29, 1.82) is 0 Å². The molecule has 1 atom stereocenters. The second kappa shape index (κ2) is 11.1. The summed E-state index contributed by atoms with van der Waals surface area (Å²) in [6.45, 7) is 4.68. The number of halogens is 1. The lowest BCUT2D eigenvalue weighted by Gasteiger charge is -2.17. The zero-order chi connectivity index (χ0) is 18.8. The third-order valence-electron chi connectivity index (χ3n) is 4.03. The molecule has 1 unspecified atom stereocenters. The van der Waals surface area contributed by atoms with Gasteiger partial charge in [-0.3, -0.25) is 4.79 Å². The van der Waals surface area contributed by atoms with E-state index in [-0.39, 0.29) is 5.91 Å². The molecule has 0 aliphatic rings. The molecule has 0 aromatic heterocycles. The summed E-state index contributed by atoms with van der Waals surface area (Å²) in [5, 5.41) is 3.75. The molecule has 1 N–H and O–H groups in total. The van der Waals surface area contributed by atoms with Crippen molar-refractivity contribution >= 4 is 29.3 Å². The van der Waals surface area contributed by atoms with E-state index in [2.05, 4.69) is 12.2 Å². The van der Waals surface area contributed by atoms with Gasteiger partial charge in [0.15, 0.2) is 6.10 Å². The molecule has 0 bridgehead atoms. The van der Waals surface area contributed by atoms with Crippen LogP contribution in [0.3, 0.4) is 0 Å². The number of hydrogen-bond donors (Lipinski definition) is 1. The summed E-state index contributed by atoms with van der Waals surface area (Å²) < 4.78 is 5.83. The first kappa shape index (κ1) is 20.7. The molecule has 2 aromatic carbocycles. The van der Waals surface area contributed by atoms with Crippen molar-refractivity contribution in [3.63, 3.8) is 0 Å². The normalized spacial score (nSPS) is 11.8. The highest BCUT2D eigenvalue weighted by Gasteiger charge is 2.17. The highest BCUT2D eigenvalue weighted by Crippen LogP contribution is 2.20. The number of thioether (sulfide) groups is 1. The van der Waals surface area contributed by atoms with Gasteiger partial charge < -0.3 is 10.1 Å². The first-order valence-electron chi connectivity index (χ1n) is 8.98. The molecule has 0 heterocycles. The van der Waals surface area contributed by atoms with E-state index >= 15 is 0 Å². The monoisotopic (exact) mass is 391 g/mol. The molecule has 2 rings (SSSR count). The first-order chi connectivity index (χ1) is 12.6. The van der Waals surface area contributed by atoms with Crippen molar-refractivity contribution in [2.24, 2.45) is 0 Å². The molecule has 0 saturated heterocycles. The van der Waals surface area contributed by atoms with E-state index in [1.807, 2.05) is 55.5 Å². The zero-order valence-electron chi connectivity index (χ0n) is 15.3. The number of nitrogens with one attached hydrogen (secondary N) is 1. The van der Waals surface area contributed by atoms with Crippen molar-refractivity contribution in [2.45, 2.75) is 38.5 Å². The summed E-state index contributed by atoms with van der Waals surface area (Å²) in [4.78, 5) is 12.3. The lowest BCUT2D eigenvalue weighted by molar-refractivity contribution is -0.127. The number of carbonyl (C=O) groups excluding carboxylic acids is 1. The van der Waals surface area contributed by atoms with Gasteiger partial charge in [0.05, 0.1) is 0 Å². The van der Waals surface area contributed by atoms with Crippen LogP contribution < -0.4 is 10.1 Å². The second-order valence-electron chi connectivity index (χ2n) is 5.95. The van der Waals surface area contributed by atoms with Crippen LogP contribution in [0.5, 0.6) is 5.75 Å². The Balaban J connectivity index is 1.71. The van der Waals surface area contributed by atoms with E-state index in [1.54, 1.807) is 11.8 Å². The fraction of sp³-hybridized carbons (Fsp3) is 0.381. The van der Waals surface area contributed by atoms with Crippen LogP contribution in [0.2, 0.25) is 5.02 Å². The molecule has 26 heavy (non-hydrogen) atoms. The molecular weight excluding hydrogens is 366 g/mol. The number of benzene rings is 2. The minimum absolute atomic E-state index is 0.0644. The van der Waals surface area contributed by atoms with Gasteiger partial charge in [-0.05, 0) is 42.2 Å². The number of aryl methyl sites for hydroxylation is 1. The van der Waals surface area contributed by atoms with Gasteiger partial charge >= 0.3 is 0 Å². The summed E-state index contributed by atoms with van der Waals surface area (Å²) in [6, 6.07) is 15.8. The molecule has 2 aromatic rings. The van der Waals surface area contributed by atoms with E-state index in [4.69, 9.17) is 16.3 Å². The van der Waals surface area contributed by atoms with Crippen molar-refractivity contribution in [2.75, 3.05) is 12.3 Å². The van der Waals surface area contributed by atoms with Gasteiger partial charge in [-0.15, -0.1) is 0 Å². The Hall–Kier alpha value is -1.65. The van der Waals surface area contributed by atoms with Crippen LogP contribution in [0.15, 0.2) is 48.5 Å². The maximum absolute atomic E-state index is 12.3. The lowest BCUT2D eigenvalue weighted by atomic mass is 10.2. The van der Waals surface area contributed by atoms with E-state index in [0.717, 1.165) is 34.3 Å². The quantitative estimate of drug-likeness (QED) is 0.572. The van der Waals surface area contributed by atoms with Crippen LogP contribution in [0.25, 0.3) is 0 Å². The van der Waals surface area contributed by atoms with E-state index in [1.165, 1.54) is 5.56 Å².